The van der Waals surface area contributed by atoms with Crippen molar-refractivity contribution in [3.05, 3.63) is 0 Å². The van der Waals surface area contributed by atoms with Crippen molar-refractivity contribution in [1.82, 2.24) is 0 Å². The predicted octanol–water partition coefficient (Wildman–Crippen LogP) is 3.84. The van der Waals surface area contributed by atoms with E-state index in [-0.39, 0.29) is 12.2 Å². The monoisotopic (exact) mass is 310 g/mol. The van der Waals surface area contributed by atoms with Crippen molar-refractivity contribution < 1.29 is 19.4 Å². The van der Waals surface area contributed by atoms with Crippen LogP contribution in [-0.2, 0) is 14.3 Å². The average Bonchev–Trinajstić information content (AvgIpc) is 3.07. The van der Waals surface area contributed by atoms with Gasteiger partial charge >= 0.3 is 5.97 Å². The number of rotatable bonds is 5. The number of carboxylic acids is 1. The predicted molar refractivity (Wildman–Crippen MR) is 83.5 cm³/mol. The SMILES string of the molecule is O=C(O)C1CCC(C2CCC(CCC3OCCO3)CC2)CC1. The van der Waals surface area contributed by atoms with E-state index in [1.807, 2.05) is 0 Å². The number of aliphatic carboxylic acids is 1. The fourth-order valence-corrected chi connectivity index (χ4v) is 4.73. The Hall–Kier alpha value is -0.610. The summed E-state index contributed by atoms with van der Waals surface area (Å²) in [5.41, 5.74) is 0. The summed E-state index contributed by atoms with van der Waals surface area (Å²) in [7, 11) is 0. The van der Waals surface area contributed by atoms with Crippen molar-refractivity contribution in [3.8, 4) is 0 Å². The molecule has 0 amide bonds. The Kier molecular flexibility index (Phi) is 5.75. The van der Waals surface area contributed by atoms with Crippen molar-refractivity contribution in [3.63, 3.8) is 0 Å². The molecule has 2 saturated carbocycles. The summed E-state index contributed by atoms with van der Waals surface area (Å²) in [6, 6.07) is 0. The van der Waals surface area contributed by atoms with E-state index < -0.39 is 5.97 Å². The van der Waals surface area contributed by atoms with Crippen molar-refractivity contribution >= 4 is 5.97 Å². The fourth-order valence-electron chi connectivity index (χ4n) is 4.73. The van der Waals surface area contributed by atoms with Gasteiger partial charge in [0, 0.05) is 0 Å². The molecule has 4 heteroatoms. The van der Waals surface area contributed by atoms with Crippen molar-refractivity contribution in [2.75, 3.05) is 13.2 Å². The van der Waals surface area contributed by atoms with Crippen LogP contribution in [-0.4, -0.2) is 30.6 Å². The van der Waals surface area contributed by atoms with Crippen LogP contribution in [0.3, 0.4) is 0 Å². The van der Waals surface area contributed by atoms with Gasteiger partial charge < -0.3 is 14.6 Å². The highest BCUT2D eigenvalue weighted by Gasteiger charge is 2.33. The van der Waals surface area contributed by atoms with Gasteiger partial charge in [0.1, 0.15) is 0 Å². The number of carboxylic acid groups (broad SMARTS) is 1. The lowest BCUT2D eigenvalue weighted by atomic mass is 9.69. The van der Waals surface area contributed by atoms with E-state index in [0.29, 0.717) is 0 Å². The van der Waals surface area contributed by atoms with Gasteiger partial charge in [0.25, 0.3) is 0 Å². The molecule has 0 aromatic heterocycles. The molecule has 2 aliphatic carbocycles. The third kappa shape index (κ3) is 4.23. The maximum atomic E-state index is 11.0. The Labute approximate surface area is 133 Å². The second kappa shape index (κ2) is 7.78. The van der Waals surface area contributed by atoms with Gasteiger partial charge in [-0.2, -0.15) is 0 Å². The molecule has 1 aliphatic heterocycles. The molecule has 0 bridgehead atoms. The Bertz CT molecular complexity index is 348. The van der Waals surface area contributed by atoms with Crippen LogP contribution in [0.4, 0.5) is 0 Å². The maximum absolute atomic E-state index is 11.0. The Morgan fingerprint density at radius 3 is 1.91 bits per heavy atom. The first kappa shape index (κ1) is 16.3. The quantitative estimate of drug-likeness (QED) is 0.838. The van der Waals surface area contributed by atoms with Crippen LogP contribution in [0.15, 0.2) is 0 Å². The minimum atomic E-state index is -0.585. The van der Waals surface area contributed by atoms with E-state index in [1.165, 1.54) is 32.1 Å². The molecule has 1 heterocycles. The van der Waals surface area contributed by atoms with Gasteiger partial charge in [0.05, 0.1) is 19.1 Å². The maximum Gasteiger partial charge on any atom is 0.306 e. The van der Waals surface area contributed by atoms with Gasteiger partial charge in [0.15, 0.2) is 6.29 Å². The normalized spacial score (nSPS) is 37.3. The van der Waals surface area contributed by atoms with Gasteiger partial charge in [-0.05, 0) is 69.1 Å². The third-order valence-electron chi connectivity index (χ3n) is 6.18. The number of hydrogen-bond acceptors (Lipinski definition) is 3. The summed E-state index contributed by atoms with van der Waals surface area (Å²) < 4.78 is 11.0. The lowest BCUT2D eigenvalue weighted by molar-refractivity contribution is -0.143. The second-order valence-electron chi connectivity index (χ2n) is 7.48. The van der Waals surface area contributed by atoms with Crippen molar-refractivity contribution in [2.24, 2.45) is 23.7 Å². The molecule has 0 unspecified atom stereocenters. The van der Waals surface area contributed by atoms with Crippen LogP contribution in [0, 0.1) is 23.7 Å². The standard InChI is InChI=1S/C18H30O4/c19-18(20)16-8-6-15(7-9-16)14-4-1-13(2-5-14)3-10-17-21-11-12-22-17/h13-17H,1-12H2,(H,19,20). The van der Waals surface area contributed by atoms with Gasteiger partial charge in [0.2, 0.25) is 0 Å². The number of ether oxygens (including phenoxy) is 2. The minimum Gasteiger partial charge on any atom is -0.481 e. The molecule has 0 aromatic rings. The Morgan fingerprint density at radius 1 is 0.818 bits per heavy atom. The van der Waals surface area contributed by atoms with Crippen LogP contribution in [0.2, 0.25) is 0 Å². The zero-order valence-corrected chi connectivity index (χ0v) is 13.5. The highest BCUT2D eigenvalue weighted by atomic mass is 16.7. The molecule has 0 aromatic carbocycles. The molecule has 22 heavy (non-hydrogen) atoms. The third-order valence-corrected chi connectivity index (χ3v) is 6.18. The summed E-state index contributed by atoms with van der Waals surface area (Å²) in [4.78, 5) is 11.0. The molecule has 0 spiro atoms. The summed E-state index contributed by atoms with van der Waals surface area (Å²) >= 11 is 0. The van der Waals surface area contributed by atoms with Crippen molar-refractivity contribution in [1.29, 1.82) is 0 Å². The topological polar surface area (TPSA) is 55.8 Å². The van der Waals surface area contributed by atoms with Crippen LogP contribution in [0.25, 0.3) is 0 Å². The molecule has 4 nitrogen and oxygen atoms in total. The van der Waals surface area contributed by atoms with Gasteiger partial charge in [-0.15, -0.1) is 0 Å². The lowest BCUT2D eigenvalue weighted by Crippen LogP contribution is -2.28. The van der Waals surface area contributed by atoms with E-state index in [9.17, 15) is 4.79 Å². The molecular weight excluding hydrogens is 280 g/mol. The van der Waals surface area contributed by atoms with E-state index in [2.05, 4.69) is 0 Å². The number of carbonyl (C=O) groups is 1. The highest BCUT2D eigenvalue weighted by molar-refractivity contribution is 5.69. The summed E-state index contributed by atoms with van der Waals surface area (Å²) in [5, 5.41) is 9.10. The molecule has 1 N–H and O–H groups in total. The molecular formula is C18H30O4. The van der Waals surface area contributed by atoms with E-state index in [1.54, 1.807) is 0 Å². The average molecular weight is 310 g/mol. The smallest absolute Gasteiger partial charge is 0.306 e. The van der Waals surface area contributed by atoms with Crippen LogP contribution in [0.1, 0.15) is 64.2 Å². The molecule has 0 atom stereocenters. The minimum absolute atomic E-state index is 0.0593. The fraction of sp³-hybridized carbons (Fsp3) is 0.944. The van der Waals surface area contributed by atoms with Gasteiger partial charge in [-0.1, -0.05) is 12.8 Å². The highest BCUT2D eigenvalue weighted by Crippen LogP contribution is 2.42. The van der Waals surface area contributed by atoms with Gasteiger partial charge in [-0.25, -0.2) is 0 Å². The first-order chi connectivity index (χ1) is 10.7. The molecule has 126 valence electrons. The first-order valence-electron chi connectivity index (χ1n) is 9.18. The molecule has 0 radical (unpaired) electrons. The lowest BCUT2D eigenvalue weighted by Gasteiger charge is -2.37. The van der Waals surface area contributed by atoms with Gasteiger partial charge in [-0.3, -0.25) is 4.79 Å². The van der Waals surface area contributed by atoms with Crippen LogP contribution in [0.5, 0.6) is 0 Å². The Balaban J connectivity index is 1.34. The first-order valence-corrected chi connectivity index (χ1v) is 9.18. The van der Waals surface area contributed by atoms with E-state index >= 15 is 0 Å². The largest absolute Gasteiger partial charge is 0.481 e. The molecule has 1 saturated heterocycles. The Morgan fingerprint density at radius 2 is 1.36 bits per heavy atom. The zero-order valence-electron chi connectivity index (χ0n) is 13.5. The van der Waals surface area contributed by atoms with Crippen LogP contribution >= 0.6 is 0 Å². The summed E-state index contributed by atoms with van der Waals surface area (Å²) in [6.07, 6.45) is 11.8. The summed E-state index contributed by atoms with van der Waals surface area (Å²) in [6.45, 7) is 1.52. The van der Waals surface area contributed by atoms with E-state index in [0.717, 1.165) is 63.1 Å². The molecule has 3 fully saturated rings. The molecule has 3 rings (SSSR count). The van der Waals surface area contributed by atoms with Crippen molar-refractivity contribution in [2.45, 2.75) is 70.5 Å². The zero-order chi connectivity index (χ0) is 15.4. The number of hydrogen-bond donors (Lipinski definition) is 1. The molecule has 3 aliphatic rings. The van der Waals surface area contributed by atoms with E-state index in [4.69, 9.17) is 14.6 Å². The van der Waals surface area contributed by atoms with Crippen LogP contribution < -0.4 is 0 Å². The second-order valence-corrected chi connectivity index (χ2v) is 7.48. The summed E-state index contributed by atoms with van der Waals surface area (Å²) in [5.74, 6) is 1.83.